The van der Waals surface area contributed by atoms with Crippen molar-refractivity contribution in [2.75, 3.05) is 0 Å². The largest absolute Gasteiger partial charge is 0.458 e. The molecular weight excluding hydrogens is 327 g/mol. The lowest BCUT2D eigenvalue weighted by Crippen LogP contribution is -2.45. The number of benzene rings is 1. The third-order valence-corrected chi connectivity index (χ3v) is 3.29. The van der Waals surface area contributed by atoms with Crippen LogP contribution in [0.3, 0.4) is 0 Å². The highest BCUT2D eigenvalue weighted by Gasteiger charge is 2.60. The van der Waals surface area contributed by atoms with E-state index in [1.54, 1.807) is 24.3 Å². The summed E-state index contributed by atoms with van der Waals surface area (Å²) in [5.41, 5.74) is 1.05. The lowest BCUT2D eigenvalue weighted by atomic mass is 10.0. The Balaban J connectivity index is 2.03. The minimum atomic E-state index is -4.94. The van der Waals surface area contributed by atoms with Crippen LogP contribution in [0.25, 0.3) is 0 Å². The molecule has 2 amide bonds. The number of hydrogen-bond acceptors (Lipinski definition) is 4. The summed E-state index contributed by atoms with van der Waals surface area (Å²) in [4.78, 5) is 15.7. The molecule has 2 rings (SSSR count). The van der Waals surface area contributed by atoms with E-state index in [1.165, 1.54) is 0 Å². The minimum Gasteiger partial charge on any atom is -0.350 e. The molecule has 0 aromatic heterocycles. The summed E-state index contributed by atoms with van der Waals surface area (Å²) in [7, 11) is 0. The average Bonchev–Trinajstić information content (AvgIpc) is 2.88. The molecule has 24 heavy (non-hydrogen) atoms. The van der Waals surface area contributed by atoms with Crippen LogP contribution in [0.1, 0.15) is 31.4 Å². The lowest BCUT2D eigenvalue weighted by molar-refractivity contribution is -0.355. The van der Waals surface area contributed by atoms with Gasteiger partial charge in [-0.05, 0) is 31.0 Å². The van der Waals surface area contributed by atoms with Crippen molar-refractivity contribution in [3.63, 3.8) is 0 Å². The summed E-state index contributed by atoms with van der Waals surface area (Å²) in [6.07, 6.45) is -5.73. The zero-order chi connectivity index (χ0) is 18.0. The Bertz CT molecular complexity index is 646. The summed E-state index contributed by atoms with van der Waals surface area (Å²) >= 11 is 0. The Hall–Kier alpha value is -2.29. The van der Waals surface area contributed by atoms with E-state index in [2.05, 4.69) is 20.6 Å². The van der Waals surface area contributed by atoms with Gasteiger partial charge in [0.1, 0.15) is 0 Å². The first-order valence-electron chi connectivity index (χ1n) is 7.28. The molecule has 0 fully saturated rings. The SMILES string of the molecule is CC(C)NC(=O)NCc1cccc(C2=NOC(O)(C(F)(F)F)C2)c1. The van der Waals surface area contributed by atoms with Gasteiger partial charge in [0.05, 0.1) is 12.1 Å². The monoisotopic (exact) mass is 345 g/mol. The van der Waals surface area contributed by atoms with Gasteiger partial charge in [0.25, 0.3) is 0 Å². The predicted octanol–water partition coefficient (Wildman–Crippen LogP) is 2.27. The second kappa shape index (κ2) is 6.68. The normalized spacial score (nSPS) is 20.5. The Morgan fingerprint density at radius 1 is 1.46 bits per heavy atom. The molecule has 1 heterocycles. The maximum atomic E-state index is 12.7. The molecular formula is C15H18F3N3O3. The van der Waals surface area contributed by atoms with Gasteiger partial charge in [-0.3, -0.25) is 0 Å². The zero-order valence-corrected chi connectivity index (χ0v) is 13.1. The Labute approximate surface area is 136 Å². The first-order valence-corrected chi connectivity index (χ1v) is 7.28. The molecule has 0 radical (unpaired) electrons. The van der Waals surface area contributed by atoms with Crippen LogP contribution in [0.15, 0.2) is 29.4 Å². The Morgan fingerprint density at radius 3 is 2.75 bits per heavy atom. The van der Waals surface area contributed by atoms with Crippen molar-refractivity contribution in [3.05, 3.63) is 35.4 Å². The molecule has 0 saturated heterocycles. The number of nitrogens with zero attached hydrogens (tertiary/aromatic N) is 1. The molecule has 0 saturated carbocycles. The van der Waals surface area contributed by atoms with Gasteiger partial charge in [-0.2, -0.15) is 13.2 Å². The van der Waals surface area contributed by atoms with Crippen LogP contribution in [-0.2, 0) is 11.4 Å². The van der Waals surface area contributed by atoms with Crippen molar-refractivity contribution < 1.29 is 27.9 Å². The number of alkyl halides is 3. The van der Waals surface area contributed by atoms with E-state index >= 15 is 0 Å². The van der Waals surface area contributed by atoms with Crippen molar-refractivity contribution in [1.82, 2.24) is 10.6 Å². The number of nitrogens with one attached hydrogen (secondary N) is 2. The minimum absolute atomic E-state index is 0.0108. The van der Waals surface area contributed by atoms with E-state index in [9.17, 15) is 23.1 Å². The second-order valence-electron chi connectivity index (χ2n) is 5.77. The highest BCUT2D eigenvalue weighted by atomic mass is 19.4. The van der Waals surface area contributed by atoms with Gasteiger partial charge in [-0.15, -0.1) is 0 Å². The van der Waals surface area contributed by atoms with E-state index in [-0.39, 0.29) is 24.3 Å². The van der Waals surface area contributed by atoms with Gasteiger partial charge in [-0.1, -0.05) is 23.4 Å². The second-order valence-corrected chi connectivity index (χ2v) is 5.77. The number of amides is 2. The van der Waals surface area contributed by atoms with Crippen LogP contribution in [0.5, 0.6) is 0 Å². The van der Waals surface area contributed by atoms with Crippen LogP contribution in [0, 0.1) is 0 Å². The van der Waals surface area contributed by atoms with E-state index in [4.69, 9.17) is 0 Å². The Morgan fingerprint density at radius 2 is 2.17 bits per heavy atom. The van der Waals surface area contributed by atoms with Crippen LogP contribution < -0.4 is 10.6 Å². The molecule has 0 bridgehead atoms. The molecule has 1 aromatic carbocycles. The fourth-order valence-corrected chi connectivity index (χ4v) is 2.09. The average molecular weight is 345 g/mol. The molecule has 0 aliphatic carbocycles. The molecule has 1 aliphatic heterocycles. The van der Waals surface area contributed by atoms with E-state index < -0.39 is 18.4 Å². The van der Waals surface area contributed by atoms with Gasteiger partial charge in [0.2, 0.25) is 0 Å². The van der Waals surface area contributed by atoms with Crippen LogP contribution in [0.2, 0.25) is 0 Å². The summed E-state index contributed by atoms with van der Waals surface area (Å²) in [6.45, 7) is 3.84. The van der Waals surface area contributed by atoms with E-state index in [0.29, 0.717) is 11.1 Å². The fourth-order valence-electron chi connectivity index (χ4n) is 2.09. The van der Waals surface area contributed by atoms with Crippen LogP contribution >= 0.6 is 0 Å². The first-order chi connectivity index (χ1) is 11.1. The summed E-state index contributed by atoms with van der Waals surface area (Å²) in [6, 6.07) is 6.12. The molecule has 1 unspecified atom stereocenters. The van der Waals surface area contributed by atoms with Gasteiger partial charge >= 0.3 is 18.0 Å². The number of halogens is 3. The lowest BCUT2D eigenvalue weighted by Gasteiger charge is -2.22. The first kappa shape index (κ1) is 18.1. The molecule has 6 nitrogen and oxygen atoms in total. The van der Waals surface area contributed by atoms with Gasteiger partial charge < -0.3 is 20.6 Å². The highest BCUT2D eigenvalue weighted by molar-refractivity contribution is 6.01. The topological polar surface area (TPSA) is 83.0 Å². The van der Waals surface area contributed by atoms with Crippen molar-refractivity contribution in [2.24, 2.45) is 5.16 Å². The molecule has 1 atom stereocenters. The number of aliphatic hydroxyl groups is 1. The molecule has 9 heteroatoms. The van der Waals surface area contributed by atoms with Gasteiger partial charge in [0, 0.05) is 12.6 Å². The molecule has 0 spiro atoms. The molecule has 132 valence electrons. The Kier molecular flexibility index (Phi) is 5.02. The number of carbonyl (C=O) groups is 1. The predicted molar refractivity (Wildman–Crippen MR) is 80.2 cm³/mol. The van der Waals surface area contributed by atoms with Crippen molar-refractivity contribution in [2.45, 2.75) is 44.8 Å². The number of hydrogen-bond donors (Lipinski definition) is 3. The number of rotatable bonds is 4. The molecule has 1 aromatic rings. The van der Waals surface area contributed by atoms with Crippen LogP contribution in [0.4, 0.5) is 18.0 Å². The summed E-state index contributed by atoms with van der Waals surface area (Å²) < 4.78 is 38.2. The maximum Gasteiger partial charge on any atom is 0.458 e. The zero-order valence-electron chi connectivity index (χ0n) is 13.1. The standard InChI is InChI=1S/C15H18F3N3O3/c1-9(2)20-13(22)19-8-10-4-3-5-11(6-10)12-7-14(23,24-21-12)15(16,17)18/h3-6,9,23H,7-8H2,1-2H3,(H2,19,20,22). The number of urea groups is 1. The van der Waals surface area contributed by atoms with E-state index in [1.807, 2.05) is 13.8 Å². The third kappa shape index (κ3) is 4.16. The van der Waals surface area contributed by atoms with Crippen molar-refractivity contribution in [3.8, 4) is 0 Å². The highest BCUT2D eigenvalue weighted by Crippen LogP contribution is 2.38. The number of oxime groups is 1. The van der Waals surface area contributed by atoms with Gasteiger partial charge in [-0.25, -0.2) is 4.79 Å². The van der Waals surface area contributed by atoms with E-state index in [0.717, 1.165) is 0 Å². The quantitative estimate of drug-likeness (QED) is 0.783. The molecule has 1 aliphatic rings. The maximum absolute atomic E-state index is 12.7. The van der Waals surface area contributed by atoms with Gasteiger partial charge in [0.15, 0.2) is 0 Å². The summed E-state index contributed by atoms with van der Waals surface area (Å²) in [5, 5.41) is 18.1. The third-order valence-electron chi connectivity index (χ3n) is 3.29. The number of carbonyl (C=O) groups excluding carboxylic acids is 1. The van der Waals surface area contributed by atoms with Crippen molar-refractivity contribution >= 4 is 11.7 Å². The summed E-state index contributed by atoms with van der Waals surface area (Å²) in [5.74, 6) is -3.30. The fraction of sp³-hybridized carbons (Fsp3) is 0.467. The molecule has 3 N–H and O–H groups in total. The van der Waals surface area contributed by atoms with Crippen molar-refractivity contribution in [1.29, 1.82) is 0 Å². The van der Waals surface area contributed by atoms with Crippen LogP contribution in [-0.4, -0.2) is 34.9 Å². The smallest absolute Gasteiger partial charge is 0.350 e.